The van der Waals surface area contributed by atoms with Crippen molar-refractivity contribution >= 4 is 17.4 Å². The molecule has 1 atom stereocenters. The van der Waals surface area contributed by atoms with Crippen LogP contribution in [0, 0.1) is 0 Å². The molecule has 20 heavy (non-hydrogen) atoms. The Morgan fingerprint density at radius 1 is 1.45 bits per heavy atom. The molecule has 1 aliphatic heterocycles. The van der Waals surface area contributed by atoms with E-state index >= 15 is 0 Å². The number of carbonyl (C=O) groups excluding carboxylic acids is 2. The molecule has 0 bridgehead atoms. The van der Waals surface area contributed by atoms with Crippen LogP contribution in [0.15, 0.2) is 18.2 Å². The van der Waals surface area contributed by atoms with Crippen LogP contribution in [0.5, 0.6) is 5.75 Å². The molecule has 1 aromatic carbocycles. The van der Waals surface area contributed by atoms with Crippen LogP contribution < -0.4 is 15.4 Å². The third-order valence-corrected chi connectivity index (χ3v) is 3.46. The summed E-state index contributed by atoms with van der Waals surface area (Å²) in [6, 6.07) is 5.21. The van der Waals surface area contributed by atoms with E-state index in [1.807, 2.05) is 6.92 Å². The summed E-state index contributed by atoms with van der Waals surface area (Å²) in [5, 5.41) is 0. The van der Waals surface area contributed by atoms with Crippen molar-refractivity contribution in [1.82, 2.24) is 0 Å². The van der Waals surface area contributed by atoms with E-state index < -0.39 is 0 Å². The number of benzene rings is 1. The van der Waals surface area contributed by atoms with Crippen molar-refractivity contribution in [2.75, 3.05) is 18.0 Å². The lowest BCUT2D eigenvalue weighted by Crippen LogP contribution is -2.42. The average molecular weight is 276 g/mol. The molecule has 0 radical (unpaired) electrons. The smallest absolute Gasteiger partial charge is 0.224 e. The first-order chi connectivity index (χ1) is 9.56. The van der Waals surface area contributed by atoms with Gasteiger partial charge >= 0.3 is 0 Å². The molecule has 5 heteroatoms. The highest BCUT2D eigenvalue weighted by molar-refractivity contribution is 6.00. The number of nitrogens with zero attached hydrogens (tertiary/aromatic N) is 1. The Bertz CT molecular complexity index is 528. The number of ketones is 1. The van der Waals surface area contributed by atoms with E-state index in [0.717, 1.165) is 6.42 Å². The molecule has 1 unspecified atom stereocenters. The third-order valence-electron chi connectivity index (χ3n) is 3.46. The van der Waals surface area contributed by atoms with Gasteiger partial charge in [0.2, 0.25) is 5.91 Å². The van der Waals surface area contributed by atoms with Crippen LogP contribution in [0.4, 0.5) is 5.69 Å². The van der Waals surface area contributed by atoms with Gasteiger partial charge in [-0.15, -0.1) is 0 Å². The van der Waals surface area contributed by atoms with Crippen molar-refractivity contribution in [2.45, 2.75) is 32.8 Å². The summed E-state index contributed by atoms with van der Waals surface area (Å²) in [5.74, 6) is 0.593. The van der Waals surface area contributed by atoms with Crippen LogP contribution >= 0.6 is 0 Å². The molecule has 0 fully saturated rings. The van der Waals surface area contributed by atoms with Crippen LogP contribution in [-0.4, -0.2) is 30.9 Å². The number of anilines is 1. The zero-order valence-corrected chi connectivity index (χ0v) is 11.9. The van der Waals surface area contributed by atoms with Crippen LogP contribution in [0.2, 0.25) is 0 Å². The lowest BCUT2D eigenvalue weighted by molar-refractivity contribution is -0.117. The Hall–Kier alpha value is -1.88. The molecular formula is C15H20N2O3. The average Bonchev–Trinajstić information content (AvgIpc) is 2.45. The molecule has 1 aliphatic rings. The van der Waals surface area contributed by atoms with Crippen LogP contribution in [0.1, 0.15) is 37.0 Å². The Labute approximate surface area is 118 Å². The van der Waals surface area contributed by atoms with Gasteiger partial charge in [-0.25, -0.2) is 0 Å². The van der Waals surface area contributed by atoms with Gasteiger partial charge in [-0.2, -0.15) is 0 Å². The van der Waals surface area contributed by atoms with Gasteiger partial charge in [0.15, 0.2) is 5.78 Å². The van der Waals surface area contributed by atoms with E-state index in [9.17, 15) is 9.59 Å². The summed E-state index contributed by atoms with van der Waals surface area (Å²) in [5.41, 5.74) is 6.65. The topological polar surface area (TPSA) is 72.6 Å². The maximum Gasteiger partial charge on any atom is 0.224 e. The Morgan fingerprint density at radius 3 is 2.80 bits per heavy atom. The fourth-order valence-corrected chi connectivity index (χ4v) is 2.31. The van der Waals surface area contributed by atoms with Crippen molar-refractivity contribution < 1.29 is 14.3 Å². The van der Waals surface area contributed by atoms with Crippen molar-refractivity contribution in [3.05, 3.63) is 23.8 Å². The maximum absolute atomic E-state index is 11.9. The molecule has 0 saturated carbocycles. The van der Waals surface area contributed by atoms with Crippen LogP contribution in [-0.2, 0) is 4.79 Å². The van der Waals surface area contributed by atoms with E-state index in [4.69, 9.17) is 10.5 Å². The molecule has 0 aromatic heterocycles. The van der Waals surface area contributed by atoms with Crippen molar-refractivity contribution in [3.63, 3.8) is 0 Å². The fraction of sp³-hybridized carbons (Fsp3) is 0.467. The summed E-state index contributed by atoms with van der Waals surface area (Å²) in [7, 11) is 0. The summed E-state index contributed by atoms with van der Waals surface area (Å²) < 4.78 is 5.83. The Kier molecular flexibility index (Phi) is 4.39. The van der Waals surface area contributed by atoms with Crippen LogP contribution in [0.3, 0.4) is 0 Å². The number of amides is 1. The number of fused-ring (bicyclic) bond motifs is 1. The molecule has 5 nitrogen and oxygen atoms in total. The lowest BCUT2D eigenvalue weighted by Gasteiger charge is -2.34. The number of carbonyl (C=O) groups is 2. The largest absolute Gasteiger partial charge is 0.486 e. The first kappa shape index (κ1) is 14.5. The minimum Gasteiger partial charge on any atom is -0.486 e. The second-order valence-corrected chi connectivity index (χ2v) is 4.92. The van der Waals surface area contributed by atoms with E-state index in [2.05, 4.69) is 0 Å². The summed E-state index contributed by atoms with van der Waals surface area (Å²) >= 11 is 0. The molecule has 1 aromatic rings. The Morgan fingerprint density at radius 2 is 2.20 bits per heavy atom. The highest BCUT2D eigenvalue weighted by Gasteiger charge is 2.27. The van der Waals surface area contributed by atoms with Gasteiger partial charge in [0.05, 0.1) is 12.2 Å². The second-order valence-electron chi connectivity index (χ2n) is 4.92. The molecule has 2 rings (SSSR count). The maximum atomic E-state index is 11.9. The van der Waals surface area contributed by atoms with Gasteiger partial charge < -0.3 is 15.4 Å². The van der Waals surface area contributed by atoms with E-state index in [1.165, 1.54) is 6.92 Å². The highest BCUT2D eigenvalue weighted by Crippen LogP contribution is 2.35. The third kappa shape index (κ3) is 2.82. The Balaban J connectivity index is 2.38. The molecule has 0 spiro atoms. The molecule has 0 aliphatic carbocycles. The lowest BCUT2D eigenvalue weighted by atomic mass is 10.0. The predicted octanol–water partition coefficient (Wildman–Crippen LogP) is 1.74. The van der Waals surface area contributed by atoms with Gasteiger partial charge in [-0.1, -0.05) is 6.92 Å². The zero-order chi connectivity index (χ0) is 14.7. The molecular weight excluding hydrogens is 256 g/mol. The van der Waals surface area contributed by atoms with Gasteiger partial charge in [0, 0.05) is 18.9 Å². The normalized spacial score (nSPS) is 17.4. The predicted molar refractivity (Wildman–Crippen MR) is 77.2 cm³/mol. The molecule has 1 heterocycles. The molecule has 1 amide bonds. The van der Waals surface area contributed by atoms with E-state index in [0.29, 0.717) is 36.5 Å². The van der Waals surface area contributed by atoms with E-state index in [1.54, 1.807) is 23.1 Å². The summed E-state index contributed by atoms with van der Waals surface area (Å²) in [6.45, 7) is 4.39. The fourth-order valence-electron chi connectivity index (χ4n) is 2.31. The van der Waals surface area contributed by atoms with E-state index in [-0.39, 0.29) is 17.8 Å². The van der Waals surface area contributed by atoms with Crippen molar-refractivity contribution in [2.24, 2.45) is 5.73 Å². The number of Topliss-reactive ketones (excluding diaryl/α,β-unsaturated/α-hetero) is 1. The van der Waals surface area contributed by atoms with Gasteiger partial charge in [-0.3, -0.25) is 9.59 Å². The van der Waals surface area contributed by atoms with Crippen LogP contribution in [0.25, 0.3) is 0 Å². The first-order valence-corrected chi connectivity index (χ1v) is 6.88. The second kappa shape index (κ2) is 6.05. The SMILES string of the molecule is CCC1CN(C(C)=O)c2cc(C(=O)CCN)ccc2O1. The summed E-state index contributed by atoms with van der Waals surface area (Å²) in [4.78, 5) is 25.4. The monoisotopic (exact) mass is 276 g/mol. The van der Waals surface area contributed by atoms with Gasteiger partial charge in [-0.05, 0) is 31.2 Å². The van der Waals surface area contributed by atoms with Gasteiger partial charge in [0.25, 0.3) is 0 Å². The minimum atomic E-state index is -0.0450. The number of rotatable bonds is 4. The van der Waals surface area contributed by atoms with Gasteiger partial charge in [0.1, 0.15) is 11.9 Å². The van der Waals surface area contributed by atoms with Crippen molar-refractivity contribution in [1.29, 1.82) is 0 Å². The first-order valence-electron chi connectivity index (χ1n) is 6.88. The standard InChI is InChI=1S/C15H20N2O3/c1-3-12-9-17(10(2)18)13-8-11(14(19)6-7-16)4-5-15(13)20-12/h4-5,8,12H,3,6-7,9,16H2,1-2H3. The molecule has 2 N–H and O–H groups in total. The number of hydrogen-bond acceptors (Lipinski definition) is 4. The highest BCUT2D eigenvalue weighted by atomic mass is 16.5. The zero-order valence-electron chi connectivity index (χ0n) is 11.9. The summed E-state index contributed by atoms with van der Waals surface area (Å²) in [6.07, 6.45) is 1.13. The molecule has 108 valence electrons. The quantitative estimate of drug-likeness (QED) is 0.850. The number of hydrogen-bond donors (Lipinski definition) is 1. The molecule has 0 saturated heterocycles. The number of nitrogens with two attached hydrogens (primary N) is 1. The number of ether oxygens (including phenoxy) is 1. The minimum absolute atomic E-state index is 0.00278. The van der Waals surface area contributed by atoms with Crippen molar-refractivity contribution in [3.8, 4) is 5.75 Å².